The molecule has 0 bridgehead atoms. The van der Waals surface area contributed by atoms with Crippen LogP contribution in [0.25, 0.3) is 0 Å². The standard InChI is InChI=1S/C18H28O/c1-5-13-17(4,18(6-2,7-3)15-19)14-16-11-9-8-10-12-16/h8-12,15H,5-7,13-14H2,1-4H3. The zero-order valence-corrected chi connectivity index (χ0v) is 12.9. The molecule has 1 rings (SSSR count). The second-order valence-electron chi connectivity index (χ2n) is 5.95. The van der Waals surface area contributed by atoms with Crippen LogP contribution in [-0.4, -0.2) is 6.29 Å². The molecule has 0 amide bonds. The Balaban J connectivity index is 3.11. The molecule has 1 heteroatoms. The van der Waals surface area contributed by atoms with Crippen molar-refractivity contribution in [3.05, 3.63) is 35.9 Å². The number of hydrogen-bond donors (Lipinski definition) is 0. The molecule has 19 heavy (non-hydrogen) atoms. The van der Waals surface area contributed by atoms with Crippen molar-refractivity contribution >= 4 is 6.29 Å². The predicted molar refractivity (Wildman–Crippen MR) is 82.2 cm³/mol. The van der Waals surface area contributed by atoms with Crippen LogP contribution in [0.3, 0.4) is 0 Å². The maximum Gasteiger partial charge on any atom is 0.126 e. The molecule has 106 valence electrons. The number of aldehydes is 1. The first-order valence-electron chi connectivity index (χ1n) is 7.57. The minimum Gasteiger partial charge on any atom is -0.303 e. The summed E-state index contributed by atoms with van der Waals surface area (Å²) < 4.78 is 0. The fourth-order valence-corrected chi connectivity index (χ4v) is 3.52. The van der Waals surface area contributed by atoms with Crippen LogP contribution in [0.1, 0.15) is 58.9 Å². The van der Waals surface area contributed by atoms with Crippen molar-refractivity contribution < 1.29 is 4.79 Å². The fraction of sp³-hybridized carbons (Fsp3) is 0.611. The van der Waals surface area contributed by atoms with E-state index in [2.05, 4.69) is 52.0 Å². The van der Waals surface area contributed by atoms with E-state index in [1.54, 1.807) is 0 Å². The maximum absolute atomic E-state index is 11.8. The van der Waals surface area contributed by atoms with Gasteiger partial charge in [0, 0.05) is 5.41 Å². The average Bonchev–Trinajstić information content (AvgIpc) is 2.42. The first-order valence-corrected chi connectivity index (χ1v) is 7.57. The molecule has 0 aliphatic carbocycles. The van der Waals surface area contributed by atoms with E-state index in [-0.39, 0.29) is 10.8 Å². The van der Waals surface area contributed by atoms with E-state index < -0.39 is 0 Å². The summed E-state index contributed by atoms with van der Waals surface area (Å²) in [7, 11) is 0. The highest BCUT2D eigenvalue weighted by atomic mass is 16.1. The molecular formula is C18H28O. The van der Waals surface area contributed by atoms with Gasteiger partial charge < -0.3 is 4.79 Å². The molecule has 0 aromatic heterocycles. The first-order chi connectivity index (χ1) is 9.07. The van der Waals surface area contributed by atoms with Gasteiger partial charge in [-0.15, -0.1) is 0 Å². The molecule has 0 fully saturated rings. The zero-order chi connectivity index (χ0) is 14.4. The van der Waals surface area contributed by atoms with Gasteiger partial charge in [0.05, 0.1) is 0 Å². The van der Waals surface area contributed by atoms with Crippen molar-refractivity contribution in [1.82, 2.24) is 0 Å². The molecule has 0 radical (unpaired) electrons. The molecule has 0 heterocycles. The highest BCUT2D eigenvalue weighted by Crippen LogP contribution is 2.48. The number of carbonyl (C=O) groups is 1. The molecule has 0 saturated heterocycles. The monoisotopic (exact) mass is 260 g/mol. The van der Waals surface area contributed by atoms with Gasteiger partial charge in [-0.3, -0.25) is 0 Å². The second-order valence-corrected chi connectivity index (χ2v) is 5.95. The Bertz CT molecular complexity index is 378. The van der Waals surface area contributed by atoms with Crippen molar-refractivity contribution in [3.8, 4) is 0 Å². The SMILES string of the molecule is CCCC(C)(Cc1ccccc1)C(C=O)(CC)CC. The molecular weight excluding hydrogens is 232 g/mol. The third kappa shape index (κ3) is 3.26. The smallest absolute Gasteiger partial charge is 0.126 e. The number of hydrogen-bond acceptors (Lipinski definition) is 1. The van der Waals surface area contributed by atoms with Gasteiger partial charge in [0.15, 0.2) is 0 Å². The van der Waals surface area contributed by atoms with Gasteiger partial charge in [0.2, 0.25) is 0 Å². The Morgan fingerprint density at radius 3 is 2.05 bits per heavy atom. The van der Waals surface area contributed by atoms with E-state index in [4.69, 9.17) is 0 Å². The minimum atomic E-state index is -0.196. The molecule has 0 aliphatic heterocycles. The highest BCUT2D eigenvalue weighted by molar-refractivity contribution is 5.61. The van der Waals surface area contributed by atoms with Crippen LogP contribution < -0.4 is 0 Å². The molecule has 0 spiro atoms. The van der Waals surface area contributed by atoms with E-state index in [1.165, 1.54) is 11.8 Å². The van der Waals surface area contributed by atoms with Crippen molar-refractivity contribution in [2.24, 2.45) is 10.8 Å². The second kappa shape index (κ2) is 6.88. The third-order valence-corrected chi connectivity index (χ3v) is 4.93. The van der Waals surface area contributed by atoms with E-state index in [9.17, 15) is 4.79 Å². The maximum atomic E-state index is 11.8. The quantitative estimate of drug-likeness (QED) is 0.598. The lowest BCUT2D eigenvalue weighted by molar-refractivity contribution is -0.124. The molecule has 1 aromatic carbocycles. The Hall–Kier alpha value is -1.11. The van der Waals surface area contributed by atoms with Crippen LogP contribution in [0.5, 0.6) is 0 Å². The fourth-order valence-electron chi connectivity index (χ4n) is 3.52. The van der Waals surface area contributed by atoms with Gasteiger partial charge in [-0.05, 0) is 36.7 Å². The molecule has 0 N–H and O–H groups in total. The van der Waals surface area contributed by atoms with Crippen LogP contribution in [0.4, 0.5) is 0 Å². The molecule has 1 nitrogen and oxygen atoms in total. The van der Waals surface area contributed by atoms with Crippen LogP contribution in [0.2, 0.25) is 0 Å². The summed E-state index contributed by atoms with van der Waals surface area (Å²) >= 11 is 0. The van der Waals surface area contributed by atoms with Gasteiger partial charge in [0.25, 0.3) is 0 Å². The summed E-state index contributed by atoms with van der Waals surface area (Å²) in [5.74, 6) is 0. The predicted octanol–water partition coefficient (Wildman–Crippen LogP) is 5.04. The number of rotatable bonds is 8. The Morgan fingerprint density at radius 2 is 1.63 bits per heavy atom. The summed E-state index contributed by atoms with van der Waals surface area (Å²) in [6, 6.07) is 10.6. The summed E-state index contributed by atoms with van der Waals surface area (Å²) in [6.45, 7) is 8.81. The lowest BCUT2D eigenvalue weighted by atomic mass is 9.58. The third-order valence-electron chi connectivity index (χ3n) is 4.93. The van der Waals surface area contributed by atoms with Gasteiger partial charge in [-0.1, -0.05) is 64.4 Å². The summed E-state index contributed by atoms with van der Waals surface area (Å²) in [4.78, 5) is 11.8. The lowest BCUT2D eigenvalue weighted by Gasteiger charge is -2.45. The van der Waals surface area contributed by atoms with E-state index in [0.29, 0.717) is 0 Å². The molecule has 1 aromatic rings. The molecule has 0 saturated carbocycles. The van der Waals surface area contributed by atoms with Gasteiger partial charge >= 0.3 is 0 Å². The highest BCUT2D eigenvalue weighted by Gasteiger charge is 2.44. The Kier molecular flexibility index (Phi) is 5.78. The van der Waals surface area contributed by atoms with Gasteiger partial charge in [0.1, 0.15) is 6.29 Å². The Labute approximate surface area is 118 Å². The Morgan fingerprint density at radius 1 is 1.05 bits per heavy atom. The van der Waals surface area contributed by atoms with Crippen LogP contribution in [0, 0.1) is 10.8 Å². The average molecular weight is 260 g/mol. The number of benzene rings is 1. The van der Waals surface area contributed by atoms with Gasteiger partial charge in [-0.2, -0.15) is 0 Å². The summed E-state index contributed by atoms with van der Waals surface area (Å²) in [6.07, 6.45) is 6.29. The largest absolute Gasteiger partial charge is 0.303 e. The van der Waals surface area contributed by atoms with Crippen molar-refractivity contribution in [3.63, 3.8) is 0 Å². The molecule has 0 aliphatic rings. The summed E-state index contributed by atoms with van der Waals surface area (Å²) in [5.41, 5.74) is 1.19. The minimum absolute atomic E-state index is 0.0500. The number of carbonyl (C=O) groups excluding carboxylic acids is 1. The van der Waals surface area contributed by atoms with E-state index in [1.807, 2.05) is 6.07 Å². The van der Waals surface area contributed by atoms with Gasteiger partial charge in [-0.25, -0.2) is 0 Å². The molecule has 1 unspecified atom stereocenters. The molecule has 1 atom stereocenters. The van der Waals surface area contributed by atoms with Crippen molar-refractivity contribution in [2.75, 3.05) is 0 Å². The van der Waals surface area contributed by atoms with E-state index in [0.717, 1.165) is 32.1 Å². The lowest BCUT2D eigenvalue weighted by Crippen LogP contribution is -2.42. The van der Waals surface area contributed by atoms with E-state index >= 15 is 0 Å². The summed E-state index contributed by atoms with van der Waals surface area (Å²) in [5, 5.41) is 0. The first kappa shape index (κ1) is 15.9. The topological polar surface area (TPSA) is 17.1 Å². The van der Waals surface area contributed by atoms with Crippen LogP contribution in [0.15, 0.2) is 30.3 Å². The normalized spacial score (nSPS) is 14.9. The zero-order valence-electron chi connectivity index (χ0n) is 12.9. The van der Waals surface area contributed by atoms with Crippen LogP contribution in [-0.2, 0) is 11.2 Å². The van der Waals surface area contributed by atoms with Crippen molar-refractivity contribution in [2.45, 2.75) is 59.8 Å². The van der Waals surface area contributed by atoms with Crippen LogP contribution >= 0.6 is 0 Å². The van der Waals surface area contributed by atoms with Crippen molar-refractivity contribution in [1.29, 1.82) is 0 Å².